The van der Waals surface area contributed by atoms with Gasteiger partial charge in [0.2, 0.25) is 0 Å². The van der Waals surface area contributed by atoms with E-state index in [1.165, 1.54) is 7.11 Å². The summed E-state index contributed by atoms with van der Waals surface area (Å²) in [5.41, 5.74) is 0. The van der Waals surface area contributed by atoms with Crippen LogP contribution in [-0.4, -0.2) is 56.4 Å². The van der Waals surface area contributed by atoms with Crippen molar-refractivity contribution in [3.8, 4) is 0 Å². The minimum atomic E-state index is -4.20. The number of nitrogens with zero attached hydrogens (tertiary/aromatic N) is 1. The number of hydrogen-bond donors (Lipinski definition) is 1. The van der Waals surface area contributed by atoms with Crippen LogP contribution in [0.25, 0.3) is 0 Å². The van der Waals surface area contributed by atoms with Crippen molar-refractivity contribution >= 4 is 5.97 Å². The van der Waals surface area contributed by atoms with Crippen LogP contribution in [0, 0.1) is 5.92 Å². The highest BCUT2D eigenvalue weighted by Gasteiger charge is 2.32. The Kier molecular flexibility index (Phi) is 6.75. The predicted octanol–water partition coefficient (Wildman–Crippen LogP) is 1.80. The minimum absolute atomic E-state index is 0.140. The Morgan fingerprint density at radius 1 is 1.40 bits per heavy atom. The Morgan fingerprint density at radius 3 is 2.65 bits per heavy atom. The first kappa shape index (κ1) is 17.2. The summed E-state index contributed by atoms with van der Waals surface area (Å²) in [6.07, 6.45) is -1.53. The van der Waals surface area contributed by atoms with Gasteiger partial charge in [-0.2, -0.15) is 13.2 Å². The molecule has 1 saturated heterocycles. The molecule has 4 nitrogen and oxygen atoms in total. The van der Waals surface area contributed by atoms with Crippen molar-refractivity contribution in [3.05, 3.63) is 0 Å². The lowest BCUT2D eigenvalue weighted by atomic mass is 9.90. The molecule has 118 valence electrons. The monoisotopic (exact) mass is 296 g/mol. The summed E-state index contributed by atoms with van der Waals surface area (Å²) in [5, 5.41) is 2.55. The van der Waals surface area contributed by atoms with Gasteiger partial charge in [-0.05, 0) is 18.8 Å². The molecule has 0 radical (unpaired) electrons. The van der Waals surface area contributed by atoms with Crippen molar-refractivity contribution in [3.63, 3.8) is 0 Å². The molecule has 0 aromatic heterocycles. The van der Waals surface area contributed by atoms with Gasteiger partial charge in [-0.1, -0.05) is 13.3 Å². The third-order valence-corrected chi connectivity index (χ3v) is 3.48. The normalized spacial score (nSPS) is 24.6. The van der Waals surface area contributed by atoms with Crippen molar-refractivity contribution in [1.82, 2.24) is 10.2 Å². The number of rotatable bonds is 6. The molecule has 1 fully saturated rings. The molecule has 0 aromatic carbocycles. The number of ether oxygens (including phenoxy) is 1. The van der Waals surface area contributed by atoms with Crippen LogP contribution >= 0.6 is 0 Å². The molecule has 2 unspecified atom stereocenters. The highest BCUT2D eigenvalue weighted by molar-refractivity contribution is 5.71. The maximum Gasteiger partial charge on any atom is 0.401 e. The van der Waals surface area contributed by atoms with E-state index >= 15 is 0 Å². The molecule has 0 spiro atoms. The van der Waals surface area contributed by atoms with Gasteiger partial charge in [0.1, 0.15) is 0 Å². The van der Waals surface area contributed by atoms with Gasteiger partial charge in [0.25, 0.3) is 0 Å². The van der Waals surface area contributed by atoms with Crippen molar-refractivity contribution in [2.75, 3.05) is 33.3 Å². The summed E-state index contributed by atoms with van der Waals surface area (Å²) >= 11 is 0. The average Bonchev–Trinajstić information content (AvgIpc) is 2.35. The Morgan fingerprint density at radius 2 is 2.10 bits per heavy atom. The Labute approximate surface area is 117 Å². The minimum Gasteiger partial charge on any atom is -0.468 e. The van der Waals surface area contributed by atoms with E-state index < -0.39 is 12.7 Å². The number of nitrogens with one attached hydrogen (secondary N) is 1. The fraction of sp³-hybridized carbons (Fsp3) is 0.923. The van der Waals surface area contributed by atoms with E-state index in [2.05, 4.69) is 17.0 Å². The molecule has 2 atom stereocenters. The summed E-state index contributed by atoms with van der Waals surface area (Å²) in [7, 11) is 1.31. The Bertz CT molecular complexity index is 310. The predicted molar refractivity (Wildman–Crippen MR) is 69.3 cm³/mol. The molecule has 0 saturated carbocycles. The zero-order valence-electron chi connectivity index (χ0n) is 12.0. The van der Waals surface area contributed by atoms with E-state index in [9.17, 15) is 18.0 Å². The number of methoxy groups -OCH3 is 1. The SMILES string of the molecule is CCCC1CC(NCC(F)(F)F)CN(CC(=O)OC)C1. The molecule has 0 aromatic rings. The summed E-state index contributed by atoms with van der Waals surface area (Å²) in [4.78, 5) is 13.2. The summed E-state index contributed by atoms with van der Waals surface area (Å²) in [5.74, 6) is -0.0270. The van der Waals surface area contributed by atoms with E-state index in [1.54, 1.807) is 0 Å². The number of likely N-dealkylation sites (tertiary alicyclic amines) is 1. The van der Waals surface area contributed by atoms with E-state index in [-0.39, 0.29) is 18.6 Å². The molecule has 1 aliphatic rings. The van der Waals surface area contributed by atoms with Gasteiger partial charge >= 0.3 is 12.1 Å². The Hall–Kier alpha value is -0.820. The van der Waals surface area contributed by atoms with Gasteiger partial charge in [-0.25, -0.2) is 0 Å². The second kappa shape index (κ2) is 7.83. The highest BCUT2D eigenvalue weighted by Crippen LogP contribution is 2.22. The Balaban J connectivity index is 2.53. The number of carbonyl (C=O) groups excluding carboxylic acids is 1. The zero-order valence-corrected chi connectivity index (χ0v) is 12.0. The van der Waals surface area contributed by atoms with Crippen LogP contribution in [0.3, 0.4) is 0 Å². The van der Waals surface area contributed by atoms with Crippen molar-refractivity contribution in [2.45, 2.75) is 38.4 Å². The van der Waals surface area contributed by atoms with Gasteiger partial charge in [-0.15, -0.1) is 0 Å². The van der Waals surface area contributed by atoms with Gasteiger partial charge < -0.3 is 10.1 Å². The van der Waals surface area contributed by atoms with Crippen molar-refractivity contribution < 1.29 is 22.7 Å². The summed E-state index contributed by atoms with van der Waals surface area (Å²) < 4.78 is 41.4. The van der Waals surface area contributed by atoms with E-state index in [4.69, 9.17) is 0 Å². The van der Waals surface area contributed by atoms with Gasteiger partial charge in [-0.3, -0.25) is 9.69 Å². The lowest BCUT2D eigenvalue weighted by molar-refractivity contribution is -0.143. The van der Waals surface area contributed by atoms with Gasteiger partial charge in [0.05, 0.1) is 20.2 Å². The molecule has 1 rings (SSSR count). The first-order valence-electron chi connectivity index (χ1n) is 6.93. The first-order valence-corrected chi connectivity index (χ1v) is 6.93. The molecule has 20 heavy (non-hydrogen) atoms. The molecule has 1 aliphatic heterocycles. The first-order chi connectivity index (χ1) is 9.34. The fourth-order valence-corrected chi connectivity index (χ4v) is 2.70. The van der Waals surface area contributed by atoms with Crippen molar-refractivity contribution in [2.24, 2.45) is 5.92 Å². The topological polar surface area (TPSA) is 41.6 Å². The zero-order chi connectivity index (χ0) is 15.2. The summed E-state index contributed by atoms with van der Waals surface area (Å²) in [6, 6.07) is -0.230. The van der Waals surface area contributed by atoms with E-state index in [0.29, 0.717) is 12.5 Å². The van der Waals surface area contributed by atoms with Crippen LogP contribution in [0.1, 0.15) is 26.2 Å². The maximum atomic E-state index is 12.3. The largest absolute Gasteiger partial charge is 0.468 e. The molecule has 0 aliphatic carbocycles. The smallest absolute Gasteiger partial charge is 0.401 e. The molecule has 0 bridgehead atoms. The van der Waals surface area contributed by atoms with Crippen LogP contribution in [0.2, 0.25) is 0 Å². The molecular weight excluding hydrogens is 273 g/mol. The quantitative estimate of drug-likeness (QED) is 0.759. The average molecular weight is 296 g/mol. The number of esters is 1. The second-order valence-electron chi connectivity index (χ2n) is 5.35. The lowest BCUT2D eigenvalue weighted by Gasteiger charge is -2.37. The number of halogens is 3. The van der Waals surface area contributed by atoms with Crippen LogP contribution in [0.15, 0.2) is 0 Å². The van der Waals surface area contributed by atoms with E-state index in [0.717, 1.165) is 25.8 Å². The lowest BCUT2D eigenvalue weighted by Crippen LogP contribution is -2.52. The molecular formula is C13H23F3N2O2. The van der Waals surface area contributed by atoms with Gasteiger partial charge in [0.15, 0.2) is 0 Å². The molecule has 1 N–H and O–H groups in total. The van der Waals surface area contributed by atoms with E-state index in [1.807, 2.05) is 4.90 Å². The van der Waals surface area contributed by atoms with Crippen molar-refractivity contribution in [1.29, 1.82) is 0 Å². The number of alkyl halides is 3. The third-order valence-electron chi connectivity index (χ3n) is 3.48. The number of piperidine rings is 1. The highest BCUT2D eigenvalue weighted by atomic mass is 19.4. The van der Waals surface area contributed by atoms with Crippen LogP contribution in [0.5, 0.6) is 0 Å². The maximum absolute atomic E-state index is 12.3. The molecule has 1 heterocycles. The van der Waals surface area contributed by atoms with Gasteiger partial charge in [0, 0.05) is 19.1 Å². The number of carbonyl (C=O) groups is 1. The van der Waals surface area contributed by atoms with Crippen LogP contribution in [0.4, 0.5) is 13.2 Å². The number of hydrogen-bond acceptors (Lipinski definition) is 4. The molecule has 0 amide bonds. The third kappa shape index (κ3) is 6.56. The van der Waals surface area contributed by atoms with Crippen LogP contribution in [-0.2, 0) is 9.53 Å². The standard InChI is InChI=1S/C13H23F3N2O2/c1-3-4-10-5-11(17-9-13(14,15)16)7-18(6-10)8-12(19)20-2/h10-11,17H,3-9H2,1-2H3. The second-order valence-corrected chi connectivity index (χ2v) is 5.35. The van der Waals surface area contributed by atoms with Crippen LogP contribution < -0.4 is 5.32 Å². The fourth-order valence-electron chi connectivity index (χ4n) is 2.70. The molecule has 7 heteroatoms. The summed E-state index contributed by atoms with van der Waals surface area (Å²) in [6.45, 7) is 2.40.